The lowest BCUT2D eigenvalue weighted by molar-refractivity contribution is 0.584. The average molecular weight is 196 g/mol. The van der Waals surface area contributed by atoms with Crippen LogP contribution in [0.25, 0.3) is 0 Å². The predicted octanol–water partition coefficient (Wildman–Crippen LogP) is 3.21. The third-order valence-corrected chi connectivity index (χ3v) is 2.09. The highest BCUT2D eigenvalue weighted by Gasteiger charge is 1.93. The summed E-state index contributed by atoms with van der Waals surface area (Å²) in [5.41, 5.74) is 0.892. The predicted molar refractivity (Wildman–Crippen MR) is 56.8 cm³/mol. The summed E-state index contributed by atoms with van der Waals surface area (Å²) in [6, 6.07) is 3.08. The molecule has 0 atom stereocenters. The molecule has 1 N–H and O–H groups in total. The molecule has 1 aromatic heterocycles. The van der Waals surface area contributed by atoms with Gasteiger partial charge < -0.3 is 5.32 Å². The molecule has 0 fully saturated rings. The lowest BCUT2D eigenvalue weighted by atomic mass is 10.2. The highest BCUT2D eigenvalue weighted by molar-refractivity contribution is 5.39. The number of halogens is 1. The number of pyridine rings is 1. The number of hydrogen-bond acceptors (Lipinski definition) is 2. The van der Waals surface area contributed by atoms with Crippen LogP contribution in [0.3, 0.4) is 0 Å². The number of unbranched alkanes of at least 4 members (excludes halogenated alkanes) is 3. The van der Waals surface area contributed by atoms with Gasteiger partial charge in [-0.1, -0.05) is 26.2 Å². The minimum Gasteiger partial charge on any atom is -0.384 e. The molecule has 1 aromatic rings. The van der Waals surface area contributed by atoms with Crippen LogP contribution in [0.4, 0.5) is 10.1 Å². The molecule has 0 aromatic carbocycles. The van der Waals surface area contributed by atoms with Crippen LogP contribution in [0.1, 0.15) is 32.6 Å². The number of hydrogen-bond donors (Lipinski definition) is 1. The molecule has 0 bridgehead atoms. The first-order chi connectivity index (χ1) is 6.83. The molecule has 0 unspecified atom stereocenters. The summed E-state index contributed by atoms with van der Waals surface area (Å²) in [5.74, 6) is -0.429. The highest BCUT2D eigenvalue weighted by Crippen LogP contribution is 2.06. The second-order valence-corrected chi connectivity index (χ2v) is 3.36. The molecule has 0 aliphatic carbocycles. The molecular weight excluding hydrogens is 179 g/mol. The molecule has 0 aliphatic heterocycles. The summed E-state index contributed by atoms with van der Waals surface area (Å²) in [4.78, 5) is 3.57. The summed E-state index contributed by atoms with van der Waals surface area (Å²) < 4.78 is 12.4. The minimum absolute atomic E-state index is 0.429. The Kier molecular flexibility index (Phi) is 4.97. The summed E-state index contributed by atoms with van der Waals surface area (Å²) >= 11 is 0. The van der Waals surface area contributed by atoms with E-state index in [9.17, 15) is 4.39 Å². The Morgan fingerprint density at radius 3 is 2.79 bits per heavy atom. The van der Waals surface area contributed by atoms with Crippen molar-refractivity contribution in [3.63, 3.8) is 0 Å². The molecule has 0 saturated heterocycles. The molecule has 3 heteroatoms. The molecule has 0 spiro atoms. The van der Waals surface area contributed by atoms with Crippen molar-refractivity contribution in [2.75, 3.05) is 11.9 Å². The summed E-state index contributed by atoms with van der Waals surface area (Å²) in [5, 5.41) is 3.20. The second-order valence-electron chi connectivity index (χ2n) is 3.36. The molecule has 0 amide bonds. The lowest BCUT2D eigenvalue weighted by Gasteiger charge is -2.04. The van der Waals surface area contributed by atoms with E-state index in [1.165, 1.54) is 31.5 Å². The van der Waals surface area contributed by atoms with Gasteiger partial charge in [0.05, 0.1) is 11.9 Å². The van der Waals surface area contributed by atoms with E-state index < -0.39 is 5.95 Å². The van der Waals surface area contributed by atoms with E-state index in [2.05, 4.69) is 17.2 Å². The molecule has 0 saturated carbocycles. The van der Waals surface area contributed by atoms with Gasteiger partial charge in [0.2, 0.25) is 5.95 Å². The van der Waals surface area contributed by atoms with Crippen molar-refractivity contribution in [3.8, 4) is 0 Å². The van der Waals surface area contributed by atoms with E-state index >= 15 is 0 Å². The van der Waals surface area contributed by atoms with Crippen LogP contribution < -0.4 is 5.32 Å². The number of nitrogens with zero attached hydrogens (tertiary/aromatic N) is 1. The summed E-state index contributed by atoms with van der Waals surface area (Å²) in [7, 11) is 0. The molecule has 14 heavy (non-hydrogen) atoms. The van der Waals surface area contributed by atoms with Gasteiger partial charge in [0.25, 0.3) is 0 Å². The van der Waals surface area contributed by atoms with Crippen molar-refractivity contribution < 1.29 is 4.39 Å². The van der Waals surface area contributed by atoms with Crippen molar-refractivity contribution in [2.45, 2.75) is 32.6 Å². The third kappa shape index (κ3) is 4.21. The molecule has 78 valence electrons. The lowest BCUT2D eigenvalue weighted by Crippen LogP contribution is -2.01. The summed E-state index contributed by atoms with van der Waals surface area (Å²) in [6.45, 7) is 3.13. The first-order valence-corrected chi connectivity index (χ1v) is 5.18. The van der Waals surface area contributed by atoms with Crippen molar-refractivity contribution in [1.29, 1.82) is 0 Å². The Balaban J connectivity index is 2.15. The molecule has 1 rings (SSSR count). The topological polar surface area (TPSA) is 24.9 Å². The Hall–Kier alpha value is -1.12. The Morgan fingerprint density at radius 1 is 1.29 bits per heavy atom. The van der Waals surface area contributed by atoms with Gasteiger partial charge in [-0.25, -0.2) is 4.98 Å². The number of nitrogens with one attached hydrogen (secondary N) is 1. The number of rotatable bonds is 6. The van der Waals surface area contributed by atoms with E-state index in [0.29, 0.717) is 0 Å². The molecule has 1 heterocycles. The molecular formula is C11H17FN2. The van der Waals surface area contributed by atoms with E-state index in [-0.39, 0.29) is 0 Å². The van der Waals surface area contributed by atoms with Crippen molar-refractivity contribution in [1.82, 2.24) is 4.98 Å². The minimum atomic E-state index is -0.429. The fourth-order valence-corrected chi connectivity index (χ4v) is 1.26. The third-order valence-electron chi connectivity index (χ3n) is 2.09. The Labute approximate surface area is 84.6 Å². The van der Waals surface area contributed by atoms with Gasteiger partial charge in [0.15, 0.2) is 0 Å². The molecule has 2 nitrogen and oxygen atoms in total. The van der Waals surface area contributed by atoms with E-state index in [1.807, 2.05) is 0 Å². The first kappa shape index (κ1) is 11.0. The summed E-state index contributed by atoms with van der Waals surface area (Å²) in [6.07, 6.45) is 6.46. The van der Waals surface area contributed by atoms with Gasteiger partial charge in [-0.2, -0.15) is 4.39 Å². The molecule has 0 aliphatic rings. The largest absolute Gasteiger partial charge is 0.384 e. The van der Waals surface area contributed by atoms with Gasteiger partial charge in [-0.3, -0.25) is 0 Å². The van der Waals surface area contributed by atoms with E-state index in [1.54, 1.807) is 6.07 Å². The van der Waals surface area contributed by atoms with E-state index in [4.69, 9.17) is 0 Å². The first-order valence-electron chi connectivity index (χ1n) is 5.18. The zero-order valence-electron chi connectivity index (χ0n) is 8.59. The number of aromatic nitrogens is 1. The standard InChI is InChI=1S/C11H17FN2/c1-2-3-4-5-8-13-10-6-7-11(12)14-9-10/h6-7,9,13H,2-5,8H2,1H3. The normalized spacial score (nSPS) is 10.1. The zero-order valence-corrected chi connectivity index (χ0v) is 8.59. The van der Waals surface area contributed by atoms with Gasteiger partial charge in [0, 0.05) is 6.54 Å². The van der Waals surface area contributed by atoms with Gasteiger partial charge >= 0.3 is 0 Å². The van der Waals surface area contributed by atoms with Gasteiger partial charge in [0.1, 0.15) is 0 Å². The number of anilines is 1. The van der Waals surface area contributed by atoms with Crippen LogP contribution in [-0.4, -0.2) is 11.5 Å². The van der Waals surface area contributed by atoms with Crippen LogP contribution in [-0.2, 0) is 0 Å². The monoisotopic (exact) mass is 196 g/mol. The van der Waals surface area contributed by atoms with Gasteiger partial charge in [-0.05, 0) is 18.6 Å². The maximum atomic E-state index is 12.4. The van der Waals surface area contributed by atoms with Crippen molar-refractivity contribution in [3.05, 3.63) is 24.3 Å². The fraction of sp³-hybridized carbons (Fsp3) is 0.545. The molecule has 0 radical (unpaired) electrons. The van der Waals surface area contributed by atoms with Crippen molar-refractivity contribution in [2.24, 2.45) is 0 Å². The second kappa shape index (κ2) is 6.35. The SMILES string of the molecule is CCCCCCNc1ccc(F)nc1. The zero-order chi connectivity index (χ0) is 10.2. The average Bonchev–Trinajstić information content (AvgIpc) is 2.21. The van der Waals surface area contributed by atoms with Crippen LogP contribution >= 0.6 is 0 Å². The maximum Gasteiger partial charge on any atom is 0.212 e. The quantitative estimate of drug-likeness (QED) is 0.558. The van der Waals surface area contributed by atoms with Crippen LogP contribution in [0.2, 0.25) is 0 Å². The van der Waals surface area contributed by atoms with Gasteiger partial charge in [-0.15, -0.1) is 0 Å². The van der Waals surface area contributed by atoms with E-state index in [0.717, 1.165) is 18.7 Å². The maximum absolute atomic E-state index is 12.4. The fourth-order valence-electron chi connectivity index (χ4n) is 1.26. The Morgan fingerprint density at radius 2 is 2.14 bits per heavy atom. The van der Waals surface area contributed by atoms with Crippen LogP contribution in [0.5, 0.6) is 0 Å². The van der Waals surface area contributed by atoms with Crippen LogP contribution in [0.15, 0.2) is 18.3 Å². The van der Waals surface area contributed by atoms with Crippen molar-refractivity contribution >= 4 is 5.69 Å². The smallest absolute Gasteiger partial charge is 0.212 e. The highest BCUT2D eigenvalue weighted by atomic mass is 19.1. The van der Waals surface area contributed by atoms with Crippen LogP contribution in [0, 0.1) is 5.95 Å². The Bertz CT molecular complexity index is 246.